The number of methoxy groups -OCH3 is 1. The van der Waals surface area contributed by atoms with E-state index in [-0.39, 0.29) is 12.0 Å². The van der Waals surface area contributed by atoms with E-state index in [0.717, 1.165) is 16.9 Å². The quantitative estimate of drug-likeness (QED) is 0.939. The predicted octanol–water partition coefficient (Wildman–Crippen LogP) is 2.27. The third-order valence-corrected chi connectivity index (χ3v) is 6.47. The Morgan fingerprint density at radius 2 is 1.59 bits per heavy atom. The first kappa shape index (κ1) is 15.1. The van der Waals surface area contributed by atoms with Crippen molar-refractivity contribution >= 4 is 9.84 Å². The largest absolute Gasteiger partial charge is 0.497 e. The highest BCUT2D eigenvalue weighted by molar-refractivity contribution is 7.92. The molecule has 0 radical (unpaired) electrons. The van der Waals surface area contributed by atoms with Crippen LogP contribution >= 0.6 is 0 Å². The average Bonchev–Trinajstić information content (AvgIpc) is 3.20. The summed E-state index contributed by atoms with van der Waals surface area (Å²) in [6, 6.07) is 14.0. The summed E-state index contributed by atoms with van der Waals surface area (Å²) in [5.41, 5.74) is 8.03. The lowest BCUT2D eigenvalue weighted by Crippen LogP contribution is -2.15. The first-order valence-electron chi connectivity index (χ1n) is 7.15. The lowest BCUT2D eigenvalue weighted by molar-refractivity contribution is 0.414. The molecule has 1 aliphatic rings. The molecule has 1 fully saturated rings. The molecule has 1 saturated carbocycles. The Morgan fingerprint density at radius 3 is 2.14 bits per heavy atom. The highest BCUT2D eigenvalue weighted by Crippen LogP contribution is 2.47. The Bertz CT molecular complexity index is 767. The van der Waals surface area contributed by atoms with E-state index >= 15 is 0 Å². The number of ether oxygens (including phenoxy) is 1. The molecule has 4 nitrogen and oxygen atoms in total. The fourth-order valence-electron chi connectivity index (χ4n) is 2.83. The zero-order valence-electron chi connectivity index (χ0n) is 12.6. The van der Waals surface area contributed by atoms with Gasteiger partial charge in [-0.25, -0.2) is 8.42 Å². The molecule has 0 aliphatic heterocycles. The summed E-state index contributed by atoms with van der Waals surface area (Å²) in [5.74, 6) is 0.591. The zero-order chi connectivity index (χ0) is 15.9. The van der Waals surface area contributed by atoms with E-state index in [9.17, 15) is 8.42 Å². The summed E-state index contributed by atoms with van der Waals surface area (Å²) in [6.45, 7) is 1.93. The minimum atomic E-state index is -3.40. The standard InChI is InChI=1S/C17H19NO3S/c1-11-3-9-14(10-4-11)22(19,20)17-15(16(17)18)12-5-7-13(21-2)8-6-12/h3-10,15-17H,18H2,1-2H3/t15-,16-,17+/m1/s1. The maximum atomic E-state index is 12.7. The van der Waals surface area contributed by atoms with E-state index in [1.807, 2.05) is 43.3 Å². The van der Waals surface area contributed by atoms with Gasteiger partial charge in [-0.2, -0.15) is 0 Å². The van der Waals surface area contributed by atoms with Crippen molar-refractivity contribution in [2.45, 2.75) is 29.0 Å². The Balaban J connectivity index is 1.87. The first-order chi connectivity index (χ1) is 10.4. The Kier molecular flexibility index (Phi) is 3.70. The van der Waals surface area contributed by atoms with Crippen molar-refractivity contribution in [3.8, 4) is 5.75 Å². The van der Waals surface area contributed by atoms with Crippen LogP contribution in [0.3, 0.4) is 0 Å². The van der Waals surface area contributed by atoms with Gasteiger partial charge in [-0.05, 0) is 36.8 Å². The zero-order valence-corrected chi connectivity index (χ0v) is 13.4. The van der Waals surface area contributed by atoms with Crippen LogP contribution in [0.15, 0.2) is 53.4 Å². The van der Waals surface area contributed by atoms with Gasteiger partial charge in [-0.1, -0.05) is 29.8 Å². The van der Waals surface area contributed by atoms with Crippen molar-refractivity contribution in [1.29, 1.82) is 0 Å². The second kappa shape index (κ2) is 5.41. The van der Waals surface area contributed by atoms with Crippen LogP contribution in [0.25, 0.3) is 0 Å². The van der Waals surface area contributed by atoms with Crippen LogP contribution in [0.4, 0.5) is 0 Å². The molecule has 1 aliphatic carbocycles. The van der Waals surface area contributed by atoms with E-state index in [0.29, 0.717) is 4.90 Å². The molecular weight excluding hydrogens is 298 g/mol. The molecule has 0 bridgehead atoms. The number of benzene rings is 2. The second-order valence-electron chi connectivity index (χ2n) is 5.70. The summed E-state index contributed by atoms with van der Waals surface area (Å²) in [5, 5.41) is -0.552. The molecule has 0 amide bonds. The van der Waals surface area contributed by atoms with Crippen molar-refractivity contribution in [1.82, 2.24) is 0 Å². The summed E-state index contributed by atoms with van der Waals surface area (Å²) in [4.78, 5) is 0.342. The van der Waals surface area contributed by atoms with Gasteiger partial charge in [0, 0.05) is 12.0 Å². The lowest BCUT2D eigenvalue weighted by Gasteiger charge is -2.05. The molecule has 116 valence electrons. The van der Waals surface area contributed by atoms with E-state index in [4.69, 9.17) is 10.5 Å². The second-order valence-corrected chi connectivity index (χ2v) is 7.80. The Morgan fingerprint density at radius 1 is 1.00 bits per heavy atom. The maximum Gasteiger partial charge on any atom is 0.183 e. The van der Waals surface area contributed by atoms with Gasteiger partial charge < -0.3 is 10.5 Å². The van der Waals surface area contributed by atoms with Gasteiger partial charge in [-0.3, -0.25) is 0 Å². The van der Waals surface area contributed by atoms with E-state index in [2.05, 4.69) is 0 Å². The topological polar surface area (TPSA) is 69.4 Å². The Hall–Kier alpha value is -1.85. The molecule has 5 heteroatoms. The maximum absolute atomic E-state index is 12.7. The van der Waals surface area contributed by atoms with Gasteiger partial charge in [0.15, 0.2) is 9.84 Å². The van der Waals surface area contributed by atoms with Gasteiger partial charge in [0.2, 0.25) is 0 Å². The monoisotopic (exact) mass is 317 g/mol. The third-order valence-electron chi connectivity index (χ3n) is 4.22. The van der Waals surface area contributed by atoms with Crippen LogP contribution in [0.1, 0.15) is 17.0 Å². The molecule has 0 aromatic heterocycles. The van der Waals surface area contributed by atoms with Crippen molar-refractivity contribution in [3.05, 3.63) is 59.7 Å². The Labute approximate surface area is 130 Å². The van der Waals surface area contributed by atoms with E-state index in [1.165, 1.54) is 0 Å². The SMILES string of the molecule is COc1ccc([C@@H]2[C@@H](N)[C@H]2S(=O)(=O)c2ccc(C)cc2)cc1. The van der Waals surface area contributed by atoms with Crippen molar-refractivity contribution in [2.24, 2.45) is 5.73 Å². The number of sulfone groups is 1. The highest BCUT2D eigenvalue weighted by Gasteiger charge is 2.57. The molecule has 0 heterocycles. The van der Waals surface area contributed by atoms with Crippen LogP contribution in [0.5, 0.6) is 5.75 Å². The molecule has 0 unspecified atom stereocenters. The summed E-state index contributed by atoms with van der Waals surface area (Å²) in [6.07, 6.45) is 0. The molecule has 2 aromatic carbocycles. The van der Waals surface area contributed by atoms with E-state index in [1.54, 1.807) is 19.2 Å². The molecule has 22 heavy (non-hydrogen) atoms. The fraction of sp³-hybridized carbons (Fsp3) is 0.294. The molecule has 3 rings (SSSR count). The minimum Gasteiger partial charge on any atom is -0.497 e. The normalized spacial score (nSPS) is 24.0. The number of rotatable bonds is 4. The molecule has 0 spiro atoms. The summed E-state index contributed by atoms with van der Waals surface area (Å²) >= 11 is 0. The number of hydrogen-bond donors (Lipinski definition) is 1. The fourth-order valence-corrected chi connectivity index (χ4v) is 4.87. The van der Waals surface area contributed by atoms with Crippen LogP contribution in [-0.4, -0.2) is 26.8 Å². The van der Waals surface area contributed by atoms with Crippen molar-refractivity contribution in [2.75, 3.05) is 7.11 Å². The molecular formula is C17H19NO3S. The average molecular weight is 317 g/mol. The third kappa shape index (κ3) is 2.51. The van der Waals surface area contributed by atoms with Gasteiger partial charge >= 0.3 is 0 Å². The molecule has 0 saturated heterocycles. The highest BCUT2D eigenvalue weighted by atomic mass is 32.2. The predicted molar refractivity (Wildman–Crippen MR) is 85.9 cm³/mol. The van der Waals surface area contributed by atoms with E-state index < -0.39 is 15.1 Å². The number of aryl methyl sites for hydroxylation is 1. The van der Waals surface area contributed by atoms with Crippen LogP contribution in [0, 0.1) is 6.92 Å². The van der Waals surface area contributed by atoms with Gasteiger partial charge in [-0.15, -0.1) is 0 Å². The van der Waals surface area contributed by atoms with Crippen LogP contribution in [-0.2, 0) is 9.84 Å². The number of hydrogen-bond acceptors (Lipinski definition) is 4. The molecule has 2 N–H and O–H groups in total. The summed E-state index contributed by atoms with van der Waals surface area (Å²) in [7, 11) is -1.80. The molecule has 3 atom stereocenters. The summed E-state index contributed by atoms with van der Waals surface area (Å²) < 4.78 is 30.6. The van der Waals surface area contributed by atoms with Crippen LogP contribution < -0.4 is 10.5 Å². The number of nitrogens with two attached hydrogens (primary N) is 1. The smallest absolute Gasteiger partial charge is 0.183 e. The van der Waals surface area contributed by atoms with Gasteiger partial charge in [0.25, 0.3) is 0 Å². The van der Waals surface area contributed by atoms with Gasteiger partial charge in [0.05, 0.1) is 17.3 Å². The van der Waals surface area contributed by atoms with Crippen molar-refractivity contribution in [3.63, 3.8) is 0 Å². The first-order valence-corrected chi connectivity index (χ1v) is 8.70. The van der Waals surface area contributed by atoms with Gasteiger partial charge in [0.1, 0.15) is 5.75 Å². The minimum absolute atomic E-state index is 0.155. The van der Waals surface area contributed by atoms with Crippen molar-refractivity contribution < 1.29 is 13.2 Å². The lowest BCUT2D eigenvalue weighted by atomic mass is 10.1. The van der Waals surface area contributed by atoms with Crippen LogP contribution in [0.2, 0.25) is 0 Å². The molecule has 2 aromatic rings.